The fourth-order valence-electron chi connectivity index (χ4n) is 2.70. The minimum Gasteiger partial charge on any atom is -0.504 e. The van der Waals surface area contributed by atoms with Crippen LogP contribution in [0.2, 0.25) is 0 Å². The normalized spacial score (nSPS) is 12.0. The second kappa shape index (κ2) is 7.68. The maximum atomic E-state index is 10.2. The molecule has 1 atom stereocenters. The van der Waals surface area contributed by atoms with Gasteiger partial charge < -0.3 is 20.2 Å². The number of aromatic hydroxyl groups is 1. The minimum absolute atomic E-state index is 0.0825. The Bertz CT molecular complexity index is 967. The molecule has 27 heavy (non-hydrogen) atoms. The van der Waals surface area contributed by atoms with E-state index in [1.807, 2.05) is 26.0 Å². The zero-order chi connectivity index (χ0) is 19.6. The predicted molar refractivity (Wildman–Crippen MR) is 105 cm³/mol. The molecule has 140 valence electrons. The van der Waals surface area contributed by atoms with Crippen molar-refractivity contribution in [3.8, 4) is 11.8 Å². The molecule has 0 spiro atoms. The van der Waals surface area contributed by atoms with E-state index >= 15 is 0 Å². The van der Waals surface area contributed by atoms with Crippen molar-refractivity contribution >= 4 is 29.1 Å². The van der Waals surface area contributed by atoms with Crippen LogP contribution in [0.25, 0.3) is 0 Å². The van der Waals surface area contributed by atoms with Crippen LogP contribution in [0.4, 0.5) is 17.3 Å². The van der Waals surface area contributed by atoms with E-state index in [1.165, 1.54) is 0 Å². The molecule has 0 aliphatic heterocycles. The molecular weight excluding hydrogens is 362 g/mol. The number of para-hydroxylation sites is 1. The largest absolute Gasteiger partial charge is 0.504 e. The van der Waals surface area contributed by atoms with Gasteiger partial charge in [-0.25, -0.2) is 0 Å². The first kappa shape index (κ1) is 18.7. The van der Waals surface area contributed by atoms with Crippen LogP contribution in [0.1, 0.15) is 42.5 Å². The van der Waals surface area contributed by atoms with Gasteiger partial charge in [0.1, 0.15) is 17.6 Å². The highest BCUT2D eigenvalue weighted by molar-refractivity contribution is 6.99. The molecule has 0 radical (unpaired) electrons. The van der Waals surface area contributed by atoms with Crippen LogP contribution in [-0.2, 0) is 0 Å². The molecule has 2 heterocycles. The van der Waals surface area contributed by atoms with Gasteiger partial charge in [-0.3, -0.25) is 0 Å². The first-order valence-electron chi connectivity index (χ1n) is 8.55. The number of aryl methyl sites for hydroxylation is 2. The second-order valence-electron chi connectivity index (χ2n) is 6.65. The molecule has 1 aromatic carbocycles. The molecule has 0 aliphatic carbocycles. The molecule has 0 fully saturated rings. The third-order valence-electron chi connectivity index (χ3n) is 4.35. The van der Waals surface area contributed by atoms with Crippen molar-refractivity contribution in [2.24, 2.45) is 5.92 Å². The van der Waals surface area contributed by atoms with Crippen LogP contribution in [0, 0.1) is 31.1 Å². The van der Waals surface area contributed by atoms with Crippen LogP contribution in [-0.4, -0.2) is 13.9 Å². The van der Waals surface area contributed by atoms with E-state index in [0.29, 0.717) is 17.3 Å². The number of phenolic OH excluding ortho intramolecular Hbond substituents is 1. The summed E-state index contributed by atoms with van der Waals surface area (Å²) in [7, 11) is 0. The van der Waals surface area contributed by atoms with Gasteiger partial charge in [0.15, 0.2) is 17.4 Å². The Morgan fingerprint density at radius 2 is 1.96 bits per heavy atom. The van der Waals surface area contributed by atoms with Gasteiger partial charge in [0.25, 0.3) is 0 Å². The standard InChI is InChI=1S/C19H21N5O2S/c1-10(2)16(15-8-11(3)12(4)26-15)22-19-18(23-27-24-19)21-14-7-5-6-13(9-20)17(14)25/h5-8,10,16,25H,1-4H3,(H,21,23)(H,22,24). The number of benzene rings is 1. The van der Waals surface area contributed by atoms with E-state index in [1.54, 1.807) is 18.2 Å². The molecule has 0 amide bonds. The first-order valence-corrected chi connectivity index (χ1v) is 9.28. The molecule has 1 unspecified atom stereocenters. The van der Waals surface area contributed by atoms with Crippen molar-refractivity contribution in [3.63, 3.8) is 0 Å². The number of rotatable bonds is 6. The monoisotopic (exact) mass is 383 g/mol. The van der Waals surface area contributed by atoms with Crippen LogP contribution in [0.3, 0.4) is 0 Å². The summed E-state index contributed by atoms with van der Waals surface area (Å²) < 4.78 is 14.5. The van der Waals surface area contributed by atoms with E-state index in [9.17, 15) is 5.11 Å². The molecule has 0 bridgehead atoms. The third-order valence-corrected chi connectivity index (χ3v) is 4.88. The molecule has 8 heteroatoms. The summed E-state index contributed by atoms with van der Waals surface area (Å²) in [6.45, 7) is 8.15. The lowest BCUT2D eigenvalue weighted by molar-refractivity contribution is 0.408. The van der Waals surface area contributed by atoms with E-state index in [2.05, 4.69) is 33.2 Å². The van der Waals surface area contributed by atoms with Crippen LogP contribution < -0.4 is 10.6 Å². The lowest BCUT2D eigenvalue weighted by Gasteiger charge is -2.20. The number of furan rings is 1. The van der Waals surface area contributed by atoms with Crippen molar-refractivity contribution in [1.82, 2.24) is 8.75 Å². The van der Waals surface area contributed by atoms with E-state index < -0.39 is 0 Å². The maximum Gasteiger partial charge on any atom is 0.188 e. The van der Waals surface area contributed by atoms with Gasteiger partial charge >= 0.3 is 0 Å². The Morgan fingerprint density at radius 1 is 1.22 bits per heavy atom. The number of nitrogens with zero attached hydrogens (tertiary/aromatic N) is 3. The van der Waals surface area contributed by atoms with Crippen LogP contribution in [0.15, 0.2) is 28.7 Å². The fraction of sp³-hybridized carbons (Fsp3) is 0.316. The topological polar surface area (TPSA) is 107 Å². The highest BCUT2D eigenvalue weighted by Gasteiger charge is 2.23. The summed E-state index contributed by atoms with van der Waals surface area (Å²) in [5, 5.41) is 25.7. The summed E-state index contributed by atoms with van der Waals surface area (Å²) in [4.78, 5) is 0. The molecule has 3 aromatic rings. The molecule has 2 aromatic heterocycles. The lowest BCUT2D eigenvalue weighted by Crippen LogP contribution is -2.17. The quantitative estimate of drug-likeness (QED) is 0.521. The smallest absolute Gasteiger partial charge is 0.188 e. The van der Waals surface area contributed by atoms with Gasteiger partial charge in [-0.2, -0.15) is 14.0 Å². The average molecular weight is 383 g/mol. The van der Waals surface area contributed by atoms with Crippen LogP contribution in [0.5, 0.6) is 5.75 Å². The van der Waals surface area contributed by atoms with E-state index in [4.69, 9.17) is 9.68 Å². The van der Waals surface area contributed by atoms with Gasteiger partial charge in [0, 0.05) is 0 Å². The molecule has 0 aliphatic rings. The first-order chi connectivity index (χ1) is 12.9. The number of nitriles is 1. The van der Waals surface area contributed by atoms with Crippen molar-refractivity contribution in [2.45, 2.75) is 33.7 Å². The molecule has 0 saturated carbocycles. The molecule has 0 saturated heterocycles. The number of nitrogens with one attached hydrogen (secondary N) is 2. The van der Waals surface area contributed by atoms with Gasteiger partial charge in [-0.05, 0) is 43.5 Å². The molecule has 3 N–H and O–H groups in total. The SMILES string of the molecule is Cc1cc(C(Nc2nsnc2Nc2cccc(C#N)c2O)C(C)C)oc1C. The Morgan fingerprint density at radius 3 is 2.59 bits per heavy atom. The number of aromatic nitrogens is 2. The average Bonchev–Trinajstić information content (AvgIpc) is 3.20. The number of phenols is 1. The summed E-state index contributed by atoms with van der Waals surface area (Å²) in [5.41, 5.74) is 1.69. The summed E-state index contributed by atoms with van der Waals surface area (Å²) in [6.07, 6.45) is 0. The summed E-state index contributed by atoms with van der Waals surface area (Å²) >= 11 is 1.06. The number of hydrogen-bond acceptors (Lipinski definition) is 8. The second-order valence-corrected chi connectivity index (χ2v) is 7.18. The Kier molecular flexibility index (Phi) is 5.33. The van der Waals surface area contributed by atoms with Crippen molar-refractivity contribution in [3.05, 3.63) is 46.9 Å². The zero-order valence-electron chi connectivity index (χ0n) is 15.6. The van der Waals surface area contributed by atoms with E-state index in [0.717, 1.165) is 28.8 Å². The molecule has 7 nitrogen and oxygen atoms in total. The molecule has 3 rings (SSSR count). The van der Waals surface area contributed by atoms with Gasteiger partial charge in [-0.1, -0.05) is 19.9 Å². The van der Waals surface area contributed by atoms with Crippen molar-refractivity contribution in [1.29, 1.82) is 5.26 Å². The maximum absolute atomic E-state index is 10.2. The Balaban J connectivity index is 1.87. The number of hydrogen-bond donors (Lipinski definition) is 3. The predicted octanol–water partition coefficient (Wildman–Crippen LogP) is 4.88. The summed E-state index contributed by atoms with van der Waals surface area (Å²) in [6, 6.07) is 8.83. The van der Waals surface area contributed by atoms with Gasteiger partial charge in [0.2, 0.25) is 0 Å². The third kappa shape index (κ3) is 3.88. The highest BCUT2D eigenvalue weighted by atomic mass is 32.1. The Labute approximate surface area is 162 Å². The minimum atomic E-state index is -0.114. The number of anilines is 3. The fourth-order valence-corrected chi connectivity index (χ4v) is 3.17. The zero-order valence-corrected chi connectivity index (χ0v) is 16.4. The molecular formula is C19H21N5O2S. The highest BCUT2D eigenvalue weighted by Crippen LogP contribution is 2.35. The van der Waals surface area contributed by atoms with Gasteiger partial charge in [0.05, 0.1) is 29.0 Å². The van der Waals surface area contributed by atoms with Crippen molar-refractivity contribution in [2.75, 3.05) is 10.6 Å². The summed E-state index contributed by atoms with van der Waals surface area (Å²) in [5.74, 6) is 2.92. The Hall–Kier alpha value is -3.05. The van der Waals surface area contributed by atoms with Crippen LogP contribution >= 0.6 is 11.7 Å². The lowest BCUT2D eigenvalue weighted by atomic mass is 10.0. The van der Waals surface area contributed by atoms with Gasteiger partial charge in [-0.15, -0.1) is 0 Å². The van der Waals surface area contributed by atoms with E-state index in [-0.39, 0.29) is 23.3 Å². The van der Waals surface area contributed by atoms with Crippen molar-refractivity contribution < 1.29 is 9.52 Å².